The predicted molar refractivity (Wildman–Crippen MR) is 76.7 cm³/mol. The predicted octanol–water partition coefficient (Wildman–Crippen LogP) is 1.75. The summed E-state index contributed by atoms with van der Waals surface area (Å²) in [6.45, 7) is 0.662. The Morgan fingerprint density at radius 2 is 2.20 bits per heavy atom. The van der Waals surface area contributed by atoms with Crippen molar-refractivity contribution in [3.05, 3.63) is 29.8 Å². The third-order valence-corrected chi connectivity index (χ3v) is 3.69. The van der Waals surface area contributed by atoms with Crippen LogP contribution in [0.5, 0.6) is 5.75 Å². The van der Waals surface area contributed by atoms with E-state index in [0.29, 0.717) is 18.3 Å². The number of nitrogens with zero attached hydrogens (tertiary/aromatic N) is 1. The zero-order valence-electron chi connectivity index (χ0n) is 11.8. The highest BCUT2D eigenvalue weighted by Crippen LogP contribution is 2.23. The van der Waals surface area contributed by atoms with Gasteiger partial charge in [0.05, 0.1) is 6.61 Å². The summed E-state index contributed by atoms with van der Waals surface area (Å²) >= 11 is 0. The van der Waals surface area contributed by atoms with Gasteiger partial charge in [-0.1, -0.05) is 18.2 Å². The van der Waals surface area contributed by atoms with Crippen LogP contribution in [0.2, 0.25) is 0 Å². The second-order valence-corrected chi connectivity index (χ2v) is 5.03. The second kappa shape index (κ2) is 7.14. The third-order valence-electron chi connectivity index (χ3n) is 3.69. The van der Waals surface area contributed by atoms with Gasteiger partial charge in [-0.2, -0.15) is 0 Å². The van der Waals surface area contributed by atoms with Gasteiger partial charge in [0.25, 0.3) is 0 Å². The van der Waals surface area contributed by atoms with E-state index in [1.54, 1.807) is 4.90 Å². The number of aliphatic hydroxyl groups excluding tert-OH is 1. The van der Waals surface area contributed by atoms with Crippen molar-refractivity contribution in [2.45, 2.75) is 31.8 Å². The average molecular weight is 278 g/mol. The van der Waals surface area contributed by atoms with Gasteiger partial charge in [0.1, 0.15) is 12.4 Å². The molecule has 0 heterocycles. The van der Waals surface area contributed by atoms with Crippen LogP contribution in [0.15, 0.2) is 24.3 Å². The highest BCUT2D eigenvalue weighted by atomic mass is 16.5. The zero-order valence-corrected chi connectivity index (χ0v) is 11.8. The van der Waals surface area contributed by atoms with Gasteiger partial charge in [0.15, 0.2) is 0 Å². The zero-order chi connectivity index (χ0) is 14.4. The number of hydrogen-bond acceptors (Lipinski definition) is 3. The van der Waals surface area contributed by atoms with Crippen molar-refractivity contribution in [1.29, 1.82) is 0 Å². The molecule has 1 saturated carbocycles. The van der Waals surface area contributed by atoms with Gasteiger partial charge >= 0.3 is 6.03 Å². The standard InChI is InChI=1S/C15H22N2O3/c1-17(13-6-4-7-13)15(19)16-11-12-5-2-3-8-14(12)20-10-9-18/h2-3,5,8,13,18H,4,6-7,9-11H2,1H3,(H,16,19). The smallest absolute Gasteiger partial charge is 0.317 e. The average Bonchev–Trinajstić information content (AvgIpc) is 2.41. The van der Waals surface area contributed by atoms with Gasteiger partial charge in [0, 0.05) is 25.2 Å². The van der Waals surface area contributed by atoms with Gasteiger partial charge < -0.3 is 20.1 Å². The number of hydrogen-bond donors (Lipinski definition) is 2. The van der Waals surface area contributed by atoms with Gasteiger partial charge in [-0.05, 0) is 25.3 Å². The molecule has 110 valence electrons. The maximum atomic E-state index is 12.0. The Labute approximate surface area is 119 Å². The molecule has 2 N–H and O–H groups in total. The lowest BCUT2D eigenvalue weighted by atomic mass is 9.92. The summed E-state index contributed by atoms with van der Waals surface area (Å²) in [6.07, 6.45) is 3.40. The maximum absolute atomic E-state index is 12.0. The molecule has 5 nitrogen and oxygen atoms in total. The van der Waals surface area contributed by atoms with E-state index in [4.69, 9.17) is 9.84 Å². The van der Waals surface area contributed by atoms with Gasteiger partial charge in [-0.3, -0.25) is 0 Å². The minimum absolute atomic E-state index is 0.0227. The summed E-state index contributed by atoms with van der Waals surface area (Å²) in [5.74, 6) is 0.702. The van der Waals surface area contributed by atoms with Crippen LogP contribution in [0.25, 0.3) is 0 Å². The van der Waals surface area contributed by atoms with Gasteiger partial charge in [-0.25, -0.2) is 4.79 Å². The number of para-hydroxylation sites is 1. The van der Waals surface area contributed by atoms with E-state index in [1.807, 2.05) is 31.3 Å². The van der Waals surface area contributed by atoms with Crippen LogP contribution in [0, 0.1) is 0 Å². The molecule has 2 amide bonds. The fourth-order valence-electron chi connectivity index (χ4n) is 2.18. The van der Waals surface area contributed by atoms with Crippen LogP contribution in [-0.4, -0.2) is 42.3 Å². The van der Waals surface area contributed by atoms with Crippen molar-refractivity contribution < 1.29 is 14.6 Å². The highest BCUT2D eigenvalue weighted by Gasteiger charge is 2.25. The molecule has 1 aliphatic rings. The lowest BCUT2D eigenvalue weighted by Gasteiger charge is -2.34. The molecule has 0 saturated heterocycles. The molecular formula is C15H22N2O3. The lowest BCUT2D eigenvalue weighted by molar-refractivity contribution is 0.157. The number of rotatable bonds is 6. The summed E-state index contributed by atoms with van der Waals surface area (Å²) in [5.41, 5.74) is 0.913. The molecule has 2 rings (SSSR count). The first-order valence-electron chi connectivity index (χ1n) is 7.04. The molecular weight excluding hydrogens is 256 g/mol. The topological polar surface area (TPSA) is 61.8 Å². The van der Waals surface area contributed by atoms with Crippen LogP contribution in [0.3, 0.4) is 0 Å². The van der Waals surface area contributed by atoms with Gasteiger partial charge in [0.2, 0.25) is 0 Å². The Balaban J connectivity index is 1.87. The molecule has 0 unspecified atom stereocenters. The van der Waals surface area contributed by atoms with Crippen molar-refractivity contribution in [2.24, 2.45) is 0 Å². The summed E-state index contributed by atoms with van der Waals surface area (Å²) in [7, 11) is 1.84. The van der Waals surface area contributed by atoms with E-state index < -0.39 is 0 Å². The fraction of sp³-hybridized carbons (Fsp3) is 0.533. The van der Waals surface area contributed by atoms with Crippen LogP contribution < -0.4 is 10.1 Å². The Kier molecular flexibility index (Phi) is 5.24. The molecule has 1 fully saturated rings. The first-order valence-corrected chi connectivity index (χ1v) is 7.04. The van der Waals surface area contributed by atoms with E-state index in [2.05, 4.69) is 5.32 Å². The normalized spacial score (nSPS) is 14.5. The number of urea groups is 1. The minimum atomic E-state index is -0.0494. The Bertz CT molecular complexity index is 446. The summed E-state index contributed by atoms with van der Waals surface area (Å²) in [6, 6.07) is 7.87. The molecule has 1 aromatic rings. The molecule has 0 aliphatic heterocycles. The van der Waals surface area contributed by atoms with E-state index >= 15 is 0 Å². The monoisotopic (exact) mass is 278 g/mol. The first-order chi connectivity index (χ1) is 9.72. The Morgan fingerprint density at radius 1 is 1.45 bits per heavy atom. The highest BCUT2D eigenvalue weighted by molar-refractivity contribution is 5.74. The van der Waals surface area contributed by atoms with Crippen molar-refractivity contribution in [1.82, 2.24) is 10.2 Å². The molecule has 1 aromatic carbocycles. The van der Waals surface area contributed by atoms with E-state index in [0.717, 1.165) is 18.4 Å². The molecule has 0 atom stereocenters. The first kappa shape index (κ1) is 14.7. The number of amides is 2. The van der Waals surface area contributed by atoms with Crippen LogP contribution in [0.4, 0.5) is 4.79 Å². The minimum Gasteiger partial charge on any atom is -0.491 e. The fourth-order valence-corrected chi connectivity index (χ4v) is 2.18. The number of carbonyl (C=O) groups excluding carboxylic acids is 1. The molecule has 0 radical (unpaired) electrons. The summed E-state index contributed by atoms with van der Waals surface area (Å²) in [4.78, 5) is 13.8. The molecule has 0 bridgehead atoms. The SMILES string of the molecule is CN(C(=O)NCc1ccccc1OCCO)C1CCC1. The molecule has 0 spiro atoms. The molecule has 20 heavy (non-hydrogen) atoms. The third kappa shape index (κ3) is 3.63. The molecule has 5 heteroatoms. The summed E-state index contributed by atoms with van der Waals surface area (Å²) < 4.78 is 5.44. The lowest BCUT2D eigenvalue weighted by Crippen LogP contribution is -2.46. The van der Waals surface area contributed by atoms with E-state index in [-0.39, 0.29) is 19.2 Å². The largest absolute Gasteiger partial charge is 0.491 e. The van der Waals surface area contributed by atoms with Crippen molar-refractivity contribution in [2.75, 3.05) is 20.3 Å². The van der Waals surface area contributed by atoms with Crippen LogP contribution in [-0.2, 0) is 6.54 Å². The van der Waals surface area contributed by atoms with Crippen LogP contribution >= 0.6 is 0 Å². The number of nitrogens with one attached hydrogen (secondary N) is 1. The number of aliphatic hydroxyl groups is 1. The van der Waals surface area contributed by atoms with Crippen molar-refractivity contribution in [3.63, 3.8) is 0 Å². The van der Waals surface area contributed by atoms with Crippen LogP contribution in [0.1, 0.15) is 24.8 Å². The van der Waals surface area contributed by atoms with Gasteiger partial charge in [-0.15, -0.1) is 0 Å². The number of carbonyl (C=O) groups is 1. The van der Waals surface area contributed by atoms with Crippen molar-refractivity contribution >= 4 is 6.03 Å². The number of ether oxygens (including phenoxy) is 1. The Morgan fingerprint density at radius 3 is 2.85 bits per heavy atom. The molecule has 1 aliphatic carbocycles. The second-order valence-electron chi connectivity index (χ2n) is 5.03. The van der Waals surface area contributed by atoms with Crippen molar-refractivity contribution in [3.8, 4) is 5.75 Å². The van der Waals surface area contributed by atoms with E-state index in [9.17, 15) is 4.79 Å². The quantitative estimate of drug-likeness (QED) is 0.833. The maximum Gasteiger partial charge on any atom is 0.317 e. The molecule has 0 aromatic heterocycles. The number of benzene rings is 1. The summed E-state index contributed by atoms with van der Waals surface area (Å²) in [5, 5.41) is 11.7. The Hall–Kier alpha value is -1.75. The van der Waals surface area contributed by atoms with E-state index in [1.165, 1.54) is 6.42 Å².